The standard InChI is InChI=1S/C19H22N2O4/c1-3-11-25-16-10-9-14(12-17(16)24-2)13-20-18(22)19(23)21-15-7-5-4-6-8-15/h4-10,12H,3,11,13H2,1-2H3,(H,20,22)(H,21,23). The Balaban J connectivity index is 1.91. The maximum atomic E-state index is 11.9. The van der Waals surface area contributed by atoms with Gasteiger partial charge in [-0.25, -0.2) is 0 Å². The van der Waals surface area contributed by atoms with Gasteiger partial charge in [-0.05, 0) is 36.2 Å². The number of hydrogen-bond donors (Lipinski definition) is 2. The van der Waals surface area contributed by atoms with Crippen molar-refractivity contribution in [2.24, 2.45) is 0 Å². The number of hydrogen-bond acceptors (Lipinski definition) is 4. The number of nitrogens with one attached hydrogen (secondary N) is 2. The van der Waals surface area contributed by atoms with Crippen LogP contribution in [-0.2, 0) is 16.1 Å². The predicted molar refractivity (Wildman–Crippen MR) is 95.7 cm³/mol. The number of methoxy groups -OCH3 is 1. The fourth-order valence-electron chi connectivity index (χ4n) is 2.13. The molecule has 2 N–H and O–H groups in total. The van der Waals surface area contributed by atoms with Crippen molar-refractivity contribution in [1.82, 2.24) is 5.32 Å². The van der Waals surface area contributed by atoms with Gasteiger partial charge in [0.25, 0.3) is 0 Å². The van der Waals surface area contributed by atoms with Crippen LogP contribution < -0.4 is 20.1 Å². The summed E-state index contributed by atoms with van der Waals surface area (Å²) < 4.78 is 10.9. The molecular weight excluding hydrogens is 320 g/mol. The van der Waals surface area contributed by atoms with Gasteiger partial charge in [-0.15, -0.1) is 0 Å². The van der Waals surface area contributed by atoms with E-state index in [0.29, 0.717) is 23.8 Å². The number of carbonyl (C=O) groups excluding carboxylic acids is 2. The number of anilines is 1. The molecule has 0 aliphatic heterocycles. The molecule has 6 nitrogen and oxygen atoms in total. The van der Waals surface area contributed by atoms with Gasteiger partial charge in [0.05, 0.1) is 13.7 Å². The van der Waals surface area contributed by atoms with Crippen LogP contribution in [0.4, 0.5) is 5.69 Å². The zero-order valence-electron chi connectivity index (χ0n) is 14.4. The Kier molecular flexibility index (Phi) is 6.83. The van der Waals surface area contributed by atoms with E-state index < -0.39 is 11.8 Å². The number of para-hydroxylation sites is 1. The van der Waals surface area contributed by atoms with Crippen molar-refractivity contribution in [3.8, 4) is 11.5 Å². The van der Waals surface area contributed by atoms with Gasteiger partial charge in [-0.3, -0.25) is 9.59 Å². The minimum Gasteiger partial charge on any atom is -0.493 e. The smallest absolute Gasteiger partial charge is 0.313 e. The number of carbonyl (C=O) groups is 2. The highest BCUT2D eigenvalue weighted by Crippen LogP contribution is 2.28. The van der Waals surface area contributed by atoms with E-state index in [0.717, 1.165) is 12.0 Å². The molecular formula is C19H22N2O4. The highest BCUT2D eigenvalue weighted by atomic mass is 16.5. The van der Waals surface area contributed by atoms with E-state index in [4.69, 9.17) is 9.47 Å². The monoisotopic (exact) mass is 342 g/mol. The lowest BCUT2D eigenvalue weighted by Crippen LogP contribution is -2.34. The molecule has 0 saturated carbocycles. The normalized spacial score (nSPS) is 10.0. The van der Waals surface area contributed by atoms with E-state index in [-0.39, 0.29) is 6.54 Å². The highest BCUT2D eigenvalue weighted by Gasteiger charge is 2.14. The Morgan fingerprint density at radius 1 is 1.00 bits per heavy atom. The average molecular weight is 342 g/mol. The summed E-state index contributed by atoms with van der Waals surface area (Å²) in [6.07, 6.45) is 0.900. The van der Waals surface area contributed by atoms with E-state index in [1.165, 1.54) is 0 Å². The molecule has 2 amide bonds. The van der Waals surface area contributed by atoms with E-state index in [1.807, 2.05) is 19.1 Å². The van der Waals surface area contributed by atoms with E-state index >= 15 is 0 Å². The minimum atomic E-state index is -0.707. The van der Waals surface area contributed by atoms with Crippen molar-refractivity contribution in [2.45, 2.75) is 19.9 Å². The van der Waals surface area contributed by atoms with Crippen LogP contribution >= 0.6 is 0 Å². The average Bonchev–Trinajstić information content (AvgIpc) is 2.65. The number of benzene rings is 2. The van der Waals surface area contributed by atoms with E-state index in [1.54, 1.807) is 43.5 Å². The first-order valence-electron chi connectivity index (χ1n) is 8.08. The second-order valence-corrected chi connectivity index (χ2v) is 5.34. The van der Waals surface area contributed by atoms with Gasteiger partial charge in [0, 0.05) is 12.2 Å². The van der Waals surface area contributed by atoms with Crippen molar-refractivity contribution < 1.29 is 19.1 Å². The van der Waals surface area contributed by atoms with Gasteiger partial charge in [0.2, 0.25) is 0 Å². The molecule has 2 rings (SSSR count). The van der Waals surface area contributed by atoms with Crippen LogP contribution in [0.1, 0.15) is 18.9 Å². The molecule has 0 aliphatic rings. The topological polar surface area (TPSA) is 76.7 Å². The molecule has 0 bridgehead atoms. The third-order valence-electron chi connectivity index (χ3n) is 3.38. The fourth-order valence-corrected chi connectivity index (χ4v) is 2.13. The number of amides is 2. The van der Waals surface area contributed by atoms with Crippen molar-refractivity contribution >= 4 is 17.5 Å². The van der Waals surface area contributed by atoms with Crippen molar-refractivity contribution in [3.63, 3.8) is 0 Å². The second-order valence-electron chi connectivity index (χ2n) is 5.34. The molecule has 132 valence electrons. The number of rotatable bonds is 7. The van der Waals surface area contributed by atoms with Gasteiger partial charge in [-0.1, -0.05) is 31.2 Å². The van der Waals surface area contributed by atoms with Crippen molar-refractivity contribution in [1.29, 1.82) is 0 Å². The summed E-state index contributed by atoms with van der Waals surface area (Å²) in [6, 6.07) is 14.2. The van der Waals surface area contributed by atoms with Crippen LogP contribution in [0.25, 0.3) is 0 Å². The summed E-state index contributed by atoms with van der Waals surface area (Å²) in [5, 5.41) is 5.12. The highest BCUT2D eigenvalue weighted by molar-refractivity contribution is 6.39. The molecule has 0 spiro atoms. The molecule has 25 heavy (non-hydrogen) atoms. The summed E-state index contributed by atoms with van der Waals surface area (Å²) in [4.78, 5) is 23.8. The Morgan fingerprint density at radius 3 is 2.44 bits per heavy atom. The minimum absolute atomic E-state index is 0.214. The lowest BCUT2D eigenvalue weighted by molar-refractivity contribution is -0.136. The van der Waals surface area contributed by atoms with Gasteiger partial charge in [0.15, 0.2) is 11.5 Å². The second kappa shape index (κ2) is 9.32. The van der Waals surface area contributed by atoms with Crippen molar-refractivity contribution in [2.75, 3.05) is 19.0 Å². The van der Waals surface area contributed by atoms with Gasteiger partial charge < -0.3 is 20.1 Å². The maximum Gasteiger partial charge on any atom is 0.313 e. The molecule has 2 aromatic rings. The molecule has 6 heteroatoms. The molecule has 0 saturated heterocycles. The Hall–Kier alpha value is -3.02. The quantitative estimate of drug-likeness (QED) is 0.759. The van der Waals surface area contributed by atoms with Gasteiger partial charge in [0.1, 0.15) is 0 Å². The molecule has 0 atom stereocenters. The third-order valence-corrected chi connectivity index (χ3v) is 3.38. The maximum absolute atomic E-state index is 11.9. The first-order valence-corrected chi connectivity index (χ1v) is 8.08. The summed E-state index contributed by atoms with van der Waals surface area (Å²) in [5.41, 5.74) is 1.38. The lowest BCUT2D eigenvalue weighted by atomic mass is 10.2. The zero-order valence-corrected chi connectivity index (χ0v) is 14.4. The zero-order chi connectivity index (χ0) is 18.1. The Labute approximate surface area is 147 Å². The largest absolute Gasteiger partial charge is 0.493 e. The van der Waals surface area contributed by atoms with Gasteiger partial charge >= 0.3 is 11.8 Å². The summed E-state index contributed by atoms with van der Waals surface area (Å²) >= 11 is 0. The predicted octanol–water partition coefficient (Wildman–Crippen LogP) is 2.74. The lowest BCUT2D eigenvalue weighted by Gasteiger charge is -2.12. The Bertz CT molecular complexity index is 717. The molecule has 0 fully saturated rings. The summed E-state index contributed by atoms with van der Waals surface area (Å²) in [5.74, 6) is -0.162. The Morgan fingerprint density at radius 2 is 1.76 bits per heavy atom. The third kappa shape index (κ3) is 5.53. The first-order chi connectivity index (χ1) is 12.1. The summed E-state index contributed by atoms with van der Waals surface area (Å²) in [7, 11) is 1.56. The fraction of sp³-hybridized carbons (Fsp3) is 0.263. The van der Waals surface area contributed by atoms with Crippen LogP contribution in [-0.4, -0.2) is 25.5 Å². The molecule has 0 aromatic heterocycles. The van der Waals surface area contributed by atoms with E-state index in [2.05, 4.69) is 10.6 Å². The van der Waals surface area contributed by atoms with Crippen LogP contribution in [0.2, 0.25) is 0 Å². The summed E-state index contributed by atoms with van der Waals surface area (Å²) in [6.45, 7) is 2.84. The number of ether oxygens (including phenoxy) is 2. The van der Waals surface area contributed by atoms with Crippen LogP contribution in [0.15, 0.2) is 48.5 Å². The molecule has 0 aliphatic carbocycles. The molecule has 0 unspecified atom stereocenters. The first kappa shape index (κ1) is 18.3. The van der Waals surface area contributed by atoms with E-state index in [9.17, 15) is 9.59 Å². The SMILES string of the molecule is CCCOc1ccc(CNC(=O)C(=O)Nc2ccccc2)cc1OC. The van der Waals surface area contributed by atoms with Crippen LogP contribution in [0, 0.1) is 0 Å². The van der Waals surface area contributed by atoms with Crippen LogP contribution in [0.5, 0.6) is 11.5 Å². The van der Waals surface area contributed by atoms with Crippen LogP contribution in [0.3, 0.4) is 0 Å². The van der Waals surface area contributed by atoms with Gasteiger partial charge in [-0.2, -0.15) is 0 Å². The molecule has 2 aromatic carbocycles. The molecule has 0 radical (unpaired) electrons. The molecule has 0 heterocycles. The van der Waals surface area contributed by atoms with Crippen molar-refractivity contribution in [3.05, 3.63) is 54.1 Å².